The van der Waals surface area contributed by atoms with Crippen molar-refractivity contribution < 1.29 is 4.79 Å². The fourth-order valence-corrected chi connectivity index (χ4v) is 2.20. The Morgan fingerprint density at radius 2 is 2.12 bits per heavy atom. The Labute approximate surface area is 99.6 Å². The van der Waals surface area contributed by atoms with Gasteiger partial charge in [0, 0.05) is 32.6 Å². The number of hydrogen-bond acceptors (Lipinski definition) is 2. The normalized spacial score (nSPS) is 21.7. The fourth-order valence-electron chi connectivity index (χ4n) is 2.20. The number of hydrogen-bond donors (Lipinski definition) is 1. The molecule has 1 aliphatic heterocycles. The molecule has 0 saturated carbocycles. The molecule has 0 unspecified atom stereocenters. The third-order valence-corrected chi connectivity index (χ3v) is 3.12. The van der Waals surface area contributed by atoms with Crippen LogP contribution in [0.2, 0.25) is 0 Å². The summed E-state index contributed by atoms with van der Waals surface area (Å²) in [5, 5.41) is 3.35. The van der Waals surface area contributed by atoms with E-state index in [1.165, 1.54) is 12.8 Å². The van der Waals surface area contributed by atoms with E-state index in [1.54, 1.807) is 0 Å². The summed E-state index contributed by atoms with van der Waals surface area (Å²) in [6.45, 7) is 10.3. The molecule has 0 aromatic carbocycles. The highest BCUT2D eigenvalue weighted by Crippen LogP contribution is 2.18. The van der Waals surface area contributed by atoms with E-state index in [1.807, 2.05) is 0 Å². The van der Waals surface area contributed by atoms with Crippen LogP contribution in [0, 0.1) is 5.41 Å². The Hall–Kier alpha value is -0.570. The first-order valence-corrected chi connectivity index (χ1v) is 6.54. The van der Waals surface area contributed by atoms with Gasteiger partial charge in [0.15, 0.2) is 0 Å². The maximum absolute atomic E-state index is 11.9. The Balaban J connectivity index is 2.50. The molecular formula is C13H26N2O. The van der Waals surface area contributed by atoms with Crippen LogP contribution in [0.15, 0.2) is 0 Å². The molecule has 0 aliphatic carbocycles. The number of unbranched alkanes of at least 4 members (excludes halogenated alkanes) is 2. The summed E-state index contributed by atoms with van der Waals surface area (Å²) in [6, 6.07) is 0. The van der Waals surface area contributed by atoms with Gasteiger partial charge in [0.1, 0.15) is 0 Å². The average Bonchev–Trinajstić information content (AvgIpc) is 2.21. The fraction of sp³-hybridized carbons (Fsp3) is 0.923. The van der Waals surface area contributed by atoms with Crippen LogP contribution in [0.1, 0.15) is 46.5 Å². The van der Waals surface area contributed by atoms with Gasteiger partial charge in [0.25, 0.3) is 0 Å². The number of nitrogens with one attached hydrogen (secondary N) is 1. The van der Waals surface area contributed by atoms with E-state index in [4.69, 9.17) is 0 Å². The van der Waals surface area contributed by atoms with Crippen molar-refractivity contribution in [3.05, 3.63) is 0 Å². The standard InChI is InChI=1S/C13H26N2O/c1-4-5-6-9-15-11-13(2,3)10-14-8-7-12(15)16/h14H,4-11H2,1-3H3. The predicted octanol–water partition coefficient (Wildman–Crippen LogP) is 2.02. The molecule has 0 bridgehead atoms. The number of nitrogens with zero attached hydrogens (tertiary/aromatic N) is 1. The lowest BCUT2D eigenvalue weighted by molar-refractivity contribution is -0.133. The third kappa shape index (κ3) is 4.52. The van der Waals surface area contributed by atoms with Crippen molar-refractivity contribution in [3.8, 4) is 0 Å². The van der Waals surface area contributed by atoms with Crippen molar-refractivity contribution in [2.45, 2.75) is 46.5 Å². The van der Waals surface area contributed by atoms with Gasteiger partial charge in [0.2, 0.25) is 5.91 Å². The van der Waals surface area contributed by atoms with Crippen LogP contribution in [-0.2, 0) is 4.79 Å². The minimum atomic E-state index is 0.197. The molecule has 0 atom stereocenters. The second-order valence-electron chi connectivity index (χ2n) is 5.61. The SMILES string of the molecule is CCCCCN1CC(C)(C)CNCCC1=O. The molecule has 94 valence electrons. The summed E-state index contributed by atoms with van der Waals surface area (Å²) in [4.78, 5) is 14.0. The highest BCUT2D eigenvalue weighted by molar-refractivity contribution is 5.76. The van der Waals surface area contributed by atoms with E-state index in [0.29, 0.717) is 12.3 Å². The lowest BCUT2D eigenvalue weighted by Gasteiger charge is -2.35. The number of carbonyl (C=O) groups is 1. The van der Waals surface area contributed by atoms with E-state index >= 15 is 0 Å². The van der Waals surface area contributed by atoms with Crippen molar-refractivity contribution in [1.29, 1.82) is 0 Å². The maximum atomic E-state index is 11.9. The topological polar surface area (TPSA) is 32.3 Å². The first-order valence-electron chi connectivity index (χ1n) is 6.54. The smallest absolute Gasteiger partial charge is 0.223 e. The molecule has 1 aliphatic rings. The molecule has 1 fully saturated rings. The van der Waals surface area contributed by atoms with E-state index in [-0.39, 0.29) is 5.41 Å². The highest BCUT2D eigenvalue weighted by atomic mass is 16.2. The molecule has 0 aromatic rings. The second kappa shape index (κ2) is 6.24. The molecule has 1 heterocycles. The van der Waals surface area contributed by atoms with Crippen LogP contribution in [-0.4, -0.2) is 37.0 Å². The third-order valence-electron chi connectivity index (χ3n) is 3.12. The molecule has 1 rings (SSSR count). The zero-order chi connectivity index (χ0) is 12.0. The number of rotatable bonds is 4. The van der Waals surface area contributed by atoms with Gasteiger partial charge in [-0.2, -0.15) is 0 Å². The van der Waals surface area contributed by atoms with Crippen molar-refractivity contribution in [2.75, 3.05) is 26.2 Å². The van der Waals surface area contributed by atoms with Crippen molar-refractivity contribution in [3.63, 3.8) is 0 Å². The van der Waals surface area contributed by atoms with Crippen LogP contribution in [0.5, 0.6) is 0 Å². The molecule has 0 radical (unpaired) electrons. The van der Waals surface area contributed by atoms with Crippen LogP contribution < -0.4 is 5.32 Å². The van der Waals surface area contributed by atoms with Crippen molar-refractivity contribution in [1.82, 2.24) is 10.2 Å². The average molecular weight is 226 g/mol. The zero-order valence-electron chi connectivity index (χ0n) is 11.0. The van der Waals surface area contributed by atoms with Gasteiger partial charge < -0.3 is 10.2 Å². The summed E-state index contributed by atoms with van der Waals surface area (Å²) in [7, 11) is 0. The highest BCUT2D eigenvalue weighted by Gasteiger charge is 2.26. The minimum absolute atomic E-state index is 0.197. The Bertz CT molecular complexity index is 226. The lowest BCUT2D eigenvalue weighted by atomic mass is 9.91. The van der Waals surface area contributed by atoms with Crippen molar-refractivity contribution in [2.24, 2.45) is 5.41 Å². The molecular weight excluding hydrogens is 200 g/mol. The summed E-state index contributed by atoms with van der Waals surface area (Å²) in [6.07, 6.45) is 4.24. The van der Waals surface area contributed by atoms with Crippen LogP contribution in [0.4, 0.5) is 0 Å². The van der Waals surface area contributed by atoms with E-state index in [2.05, 4.69) is 31.0 Å². The van der Waals surface area contributed by atoms with Gasteiger partial charge in [0.05, 0.1) is 0 Å². The Morgan fingerprint density at radius 1 is 1.38 bits per heavy atom. The zero-order valence-corrected chi connectivity index (χ0v) is 11.0. The quantitative estimate of drug-likeness (QED) is 0.744. The number of amides is 1. The minimum Gasteiger partial charge on any atom is -0.342 e. The molecule has 1 N–H and O–H groups in total. The molecule has 0 spiro atoms. The summed E-state index contributed by atoms with van der Waals surface area (Å²) in [5.41, 5.74) is 0.197. The van der Waals surface area contributed by atoms with E-state index in [9.17, 15) is 4.79 Å². The van der Waals surface area contributed by atoms with Crippen molar-refractivity contribution >= 4 is 5.91 Å². The van der Waals surface area contributed by atoms with E-state index < -0.39 is 0 Å². The summed E-state index contributed by atoms with van der Waals surface area (Å²) < 4.78 is 0. The molecule has 1 amide bonds. The van der Waals surface area contributed by atoms with Gasteiger partial charge in [-0.3, -0.25) is 4.79 Å². The van der Waals surface area contributed by atoms with Gasteiger partial charge in [-0.1, -0.05) is 33.6 Å². The summed E-state index contributed by atoms with van der Waals surface area (Å²) >= 11 is 0. The lowest BCUT2D eigenvalue weighted by Crippen LogP contribution is -2.47. The molecule has 1 saturated heterocycles. The second-order valence-corrected chi connectivity index (χ2v) is 5.61. The van der Waals surface area contributed by atoms with E-state index in [0.717, 1.165) is 32.6 Å². The van der Waals surface area contributed by atoms with Gasteiger partial charge in [-0.05, 0) is 11.8 Å². The summed E-state index contributed by atoms with van der Waals surface area (Å²) in [5.74, 6) is 0.316. The van der Waals surface area contributed by atoms with Crippen LogP contribution >= 0.6 is 0 Å². The first kappa shape index (κ1) is 13.5. The maximum Gasteiger partial charge on any atom is 0.223 e. The van der Waals surface area contributed by atoms with Gasteiger partial charge >= 0.3 is 0 Å². The van der Waals surface area contributed by atoms with Crippen LogP contribution in [0.3, 0.4) is 0 Å². The first-order chi connectivity index (χ1) is 7.55. The van der Waals surface area contributed by atoms with Gasteiger partial charge in [-0.25, -0.2) is 0 Å². The largest absolute Gasteiger partial charge is 0.342 e. The predicted molar refractivity (Wildman–Crippen MR) is 67.4 cm³/mol. The Morgan fingerprint density at radius 3 is 2.81 bits per heavy atom. The monoisotopic (exact) mass is 226 g/mol. The molecule has 16 heavy (non-hydrogen) atoms. The Kier molecular flexibility index (Phi) is 5.26. The van der Waals surface area contributed by atoms with Gasteiger partial charge in [-0.15, -0.1) is 0 Å². The van der Waals surface area contributed by atoms with Crippen LogP contribution in [0.25, 0.3) is 0 Å². The molecule has 3 heteroatoms. The molecule has 3 nitrogen and oxygen atoms in total. The number of carbonyl (C=O) groups excluding carboxylic acids is 1. The molecule has 0 aromatic heterocycles.